The third kappa shape index (κ3) is 5.12. The summed E-state index contributed by atoms with van der Waals surface area (Å²) in [6.07, 6.45) is -4.51. The number of amides is 2. The second kappa shape index (κ2) is 8.46. The number of carbonyl (C=O) groups excluding carboxylic acids is 2. The van der Waals surface area contributed by atoms with Crippen molar-refractivity contribution in [3.63, 3.8) is 0 Å². The molecule has 1 N–H and O–H groups in total. The van der Waals surface area contributed by atoms with Crippen molar-refractivity contribution in [3.05, 3.63) is 65.7 Å². The maximum absolute atomic E-state index is 12.9. The molecule has 4 nitrogen and oxygen atoms in total. The number of carbonyl (C=O) groups is 2. The van der Waals surface area contributed by atoms with Gasteiger partial charge >= 0.3 is 6.18 Å². The van der Waals surface area contributed by atoms with Crippen LogP contribution in [0.1, 0.15) is 31.9 Å². The number of rotatable bonds is 6. The Balaban J connectivity index is 2.15. The Bertz CT molecular complexity index is 833. The van der Waals surface area contributed by atoms with E-state index < -0.39 is 29.0 Å². The van der Waals surface area contributed by atoms with E-state index in [0.29, 0.717) is 13.1 Å². The molecule has 0 aliphatic heterocycles. The van der Waals surface area contributed by atoms with Crippen molar-refractivity contribution in [3.8, 4) is 0 Å². The minimum Gasteiger partial charge on any atom is -0.338 e. The smallest absolute Gasteiger partial charge is 0.338 e. The largest absolute Gasteiger partial charge is 0.416 e. The van der Waals surface area contributed by atoms with E-state index in [4.69, 9.17) is 0 Å². The lowest BCUT2D eigenvalue weighted by atomic mass is 9.89. The molecule has 0 atom stereocenters. The Labute approximate surface area is 162 Å². The molecule has 0 radical (unpaired) electrons. The summed E-state index contributed by atoms with van der Waals surface area (Å²) in [5.41, 5.74) is -1.40. The summed E-state index contributed by atoms with van der Waals surface area (Å²) in [6, 6.07) is 13.7. The van der Waals surface area contributed by atoms with E-state index in [1.165, 1.54) is 26.0 Å². The zero-order valence-corrected chi connectivity index (χ0v) is 16.0. The fourth-order valence-electron chi connectivity index (χ4n) is 2.68. The maximum Gasteiger partial charge on any atom is 0.416 e. The monoisotopic (exact) mass is 392 g/mol. The number of anilines is 1. The number of hydrogen-bond acceptors (Lipinski definition) is 2. The Morgan fingerprint density at radius 1 is 1.00 bits per heavy atom. The van der Waals surface area contributed by atoms with Gasteiger partial charge in [-0.3, -0.25) is 9.59 Å². The molecule has 0 aliphatic carbocycles. The van der Waals surface area contributed by atoms with Crippen LogP contribution in [0.3, 0.4) is 0 Å². The predicted octanol–water partition coefficient (Wildman–Crippen LogP) is 4.72. The third-order valence-electron chi connectivity index (χ3n) is 4.44. The summed E-state index contributed by atoms with van der Waals surface area (Å²) in [4.78, 5) is 27.2. The van der Waals surface area contributed by atoms with Crippen molar-refractivity contribution in [1.82, 2.24) is 4.90 Å². The van der Waals surface area contributed by atoms with Gasteiger partial charge in [0.25, 0.3) is 0 Å². The summed E-state index contributed by atoms with van der Waals surface area (Å²) in [5.74, 6) is -1.06. The van der Waals surface area contributed by atoms with Crippen LogP contribution in [0.15, 0.2) is 54.6 Å². The molecular weight excluding hydrogens is 369 g/mol. The van der Waals surface area contributed by atoms with E-state index >= 15 is 0 Å². The van der Waals surface area contributed by atoms with E-state index in [-0.39, 0.29) is 5.69 Å². The lowest BCUT2D eigenvalue weighted by molar-refractivity contribution is -0.146. The number of nitrogens with one attached hydrogen (secondary N) is 1. The lowest BCUT2D eigenvalue weighted by Crippen LogP contribution is -2.47. The first kappa shape index (κ1) is 21.5. The van der Waals surface area contributed by atoms with Crippen LogP contribution in [0.25, 0.3) is 0 Å². The Morgan fingerprint density at radius 2 is 1.64 bits per heavy atom. The summed E-state index contributed by atoms with van der Waals surface area (Å²) in [5, 5.41) is 2.43. The molecule has 7 heteroatoms. The van der Waals surface area contributed by atoms with Crippen LogP contribution < -0.4 is 5.32 Å². The zero-order valence-electron chi connectivity index (χ0n) is 16.0. The quantitative estimate of drug-likeness (QED) is 0.724. The Hall–Kier alpha value is -2.83. The molecule has 2 rings (SSSR count). The van der Waals surface area contributed by atoms with E-state index in [9.17, 15) is 22.8 Å². The SMILES string of the molecule is CCN(Cc1ccccc1)C(=O)C(C)(C)C(=O)Nc1cccc(C(F)(F)F)c1. The standard InChI is InChI=1S/C21H23F3N2O2/c1-4-26(14-15-9-6-5-7-10-15)19(28)20(2,3)18(27)25-17-12-8-11-16(13-17)21(22,23)24/h5-13H,4,14H2,1-3H3,(H,25,27). The molecule has 0 unspecified atom stereocenters. The summed E-state index contributed by atoms with van der Waals surface area (Å²) in [6.45, 7) is 5.48. The highest BCUT2D eigenvalue weighted by Gasteiger charge is 2.39. The number of alkyl halides is 3. The molecule has 0 saturated carbocycles. The molecule has 0 aliphatic rings. The highest BCUT2D eigenvalue weighted by atomic mass is 19.4. The van der Waals surface area contributed by atoms with Gasteiger partial charge in [-0.1, -0.05) is 36.4 Å². The van der Waals surface area contributed by atoms with Crippen LogP contribution in [0, 0.1) is 5.41 Å². The summed E-state index contributed by atoms with van der Waals surface area (Å²) >= 11 is 0. The molecule has 2 aromatic rings. The van der Waals surface area contributed by atoms with Crippen LogP contribution in [0.2, 0.25) is 0 Å². The summed E-state index contributed by atoms with van der Waals surface area (Å²) in [7, 11) is 0. The Morgan fingerprint density at radius 3 is 2.21 bits per heavy atom. The van der Waals surface area contributed by atoms with Crippen molar-refractivity contribution >= 4 is 17.5 Å². The molecule has 0 saturated heterocycles. The van der Waals surface area contributed by atoms with Gasteiger partial charge in [0.1, 0.15) is 5.41 Å². The first-order chi connectivity index (χ1) is 13.1. The van der Waals surface area contributed by atoms with Gasteiger partial charge in [-0.05, 0) is 44.5 Å². The maximum atomic E-state index is 12.9. The van der Waals surface area contributed by atoms with Gasteiger partial charge in [0.05, 0.1) is 5.56 Å². The van der Waals surface area contributed by atoms with Gasteiger partial charge in [-0.25, -0.2) is 0 Å². The fourth-order valence-corrected chi connectivity index (χ4v) is 2.68. The van der Waals surface area contributed by atoms with Gasteiger partial charge in [0.2, 0.25) is 11.8 Å². The zero-order chi connectivity index (χ0) is 20.9. The first-order valence-electron chi connectivity index (χ1n) is 8.87. The molecule has 0 bridgehead atoms. The van der Waals surface area contributed by atoms with Gasteiger partial charge < -0.3 is 10.2 Å². The lowest BCUT2D eigenvalue weighted by Gasteiger charge is -2.30. The van der Waals surface area contributed by atoms with Crippen LogP contribution in [0.5, 0.6) is 0 Å². The first-order valence-corrected chi connectivity index (χ1v) is 8.87. The Kier molecular flexibility index (Phi) is 6.48. The average Bonchev–Trinajstić information content (AvgIpc) is 2.65. The van der Waals surface area contributed by atoms with Crippen molar-refractivity contribution in [2.45, 2.75) is 33.5 Å². The molecule has 0 aromatic heterocycles. The third-order valence-corrected chi connectivity index (χ3v) is 4.44. The molecule has 2 aromatic carbocycles. The predicted molar refractivity (Wildman–Crippen MR) is 101 cm³/mol. The van der Waals surface area contributed by atoms with E-state index in [1.807, 2.05) is 37.3 Å². The highest BCUT2D eigenvalue weighted by molar-refractivity contribution is 6.09. The number of benzene rings is 2. The second-order valence-corrected chi connectivity index (χ2v) is 6.96. The van der Waals surface area contributed by atoms with Crippen molar-refractivity contribution in [2.75, 3.05) is 11.9 Å². The van der Waals surface area contributed by atoms with Crippen LogP contribution >= 0.6 is 0 Å². The van der Waals surface area contributed by atoms with Gasteiger partial charge in [0, 0.05) is 18.8 Å². The minimum atomic E-state index is -4.51. The molecule has 0 heterocycles. The molecule has 2 amide bonds. The number of nitrogens with zero attached hydrogens (tertiary/aromatic N) is 1. The van der Waals surface area contributed by atoms with E-state index in [0.717, 1.165) is 17.7 Å². The molecule has 150 valence electrons. The van der Waals surface area contributed by atoms with Crippen molar-refractivity contribution in [2.24, 2.45) is 5.41 Å². The van der Waals surface area contributed by atoms with Crippen molar-refractivity contribution < 1.29 is 22.8 Å². The normalized spacial score (nSPS) is 11.8. The second-order valence-electron chi connectivity index (χ2n) is 6.96. The molecule has 0 fully saturated rings. The van der Waals surface area contributed by atoms with Gasteiger partial charge in [-0.2, -0.15) is 13.2 Å². The van der Waals surface area contributed by atoms with E-state index in [1.54, 1.807) is 4.90 Å². The number of hydrogen-bond donors (Lipinski definition) is 1. The molecular formula is C21H23F3N2O2. The topological polar surface area (TPSA) is 49.4 Å². The van der Waals surface area contributed by atoms with Gasteiger partial charge in [0.15, 0.2) is 0 Å². The van der Waals surface area contributed by atoms with Crippen LogP contribution in [-0.2, 0) is 22.3 Å². The average molecular weight is 392 g/mol. The number of halogens is 3. The van der Waals surface area contributed by atoms with Gasteiger partial charge in [-0.15, -0.1) is 0 Å². The summed E-state index contributed by atoms with van der Waals surface area (Å²) < 4.78 is 38.6. The van der Waals surface area contributed by atoms with Crippen LogP contribution in [-0.4, -0.2) is 23.3 Å². The van der Waals surface area contributed by atoms with E-state index in [2.05, 4.69) is 5.32 Å². The molecule has 28 heavy (non-hydrogen) atoms. The fraction of sp³-hybridized carbons (Fsp3) is 0.333. The molecule has 0 spiro atoms. The van der Waals surface area contributed by atoms with Crippen LogP contribution in [0.4, 0.5) is 18.9 Å². The van der Waals surface area contributed by atoms with Crippen molar-refractivity contribution in [1.29, 1.82) is 0 Å². The highest BCUT2D eigenvalue weighted by Crippen LogP contribution is 2.31. The minimum absolute atomic E-state index is 0.00759.